The predicted molar refractivity (Wildman–Crippen MR) is 93.7 cm³/mol. The quantitative estimate of drug-likeness (QED) is 0.439. The summed E-state index contributed by atoms with van der Waals surface area (Å²) in [5.74, 6) is 0.572. The molecule has 2 rings (SSSR count). The highest BCUT2D eigenvalue weighted by atomic mass is 15.3. The van der Waals surface area contributed by atoms with Crippen LogP contribution in [0.4, 0.5) is 0 Å². The van der Waals surface area contributed by atoms with E-state index >= 15 is 0 Å². The van der Waals surface area contributed by atoms with Gasteiger partial charge in [-0.2, -0.15) is 0 Å². The minimum atomic E-state index is 0.470. The monoisotopic (exact) mass is 302 g/mol. The van der Waals surface area contributed by atoms with Crippen molar-refractivity contribution in [3.8, 4) is 0 Å². The molecule has 4 nitrogen and oxygen atoms in total. The molecule has 0 aromatic heterocycles. The molecule has 1 unspecified atom stereocenters. The molecule has 1 aliphatic heterocycles. The van der Waals surface area contributed by atoms with Crippen LogP contribution in [0, 0.1) is 0 Å². The number of nitrogens with one attached hydrogen (secondary N) is 1. The van der Waals surface area contributed by atoms with Crippen LogP contribution in [0.3, 0.4) is 0 Å². The second-order valence-electron chi connectivity index (χ2n) is 6.04. The Morgan fingerprint density at radius 1 is 1.27 bits per heavy atom. The molecule has 3 N–H and O–H groups in total. The van der Waals surface area contributed by atoms with Crippen LogP contribution in [0.2, 0.25) is 0 Å². The molecule has 1 aromatic carbocycles. The van der Waals surface area contributed by atoms with Crippen molar-refractivity contribution in [2.75, 3.05) is 13.2 Å². The summed E-state index contributed by atoms with van der Waals surface area (Å²) in [7, 11) is 0. The van der Waals surface area contributed by atoms with Crippen LogP contribution >= 0.6 is 0 Å². The summed E-state index contributed by atoms with van der Waals surface area (Å²) in [6, 6.07) is 9.17. The maximum absolute atomic E-state index is 5.97. The Balaban J connectivity index is 1.80. The molecule has 0 saturated heterocycles. The molecule has 0 bridgehead atoms. The number of benzene rings is 1. The summed E-state index contributed by atoms with van der Waals surface area (Å²) >= 11 is 0. The first-order chi connectivity index (χ1) is 10.8. The van der Waals surface area contributed by atoms with E-state index in [9.17, 15) is 0 Å². The van der Waals surface area contributed by atoms with E-state index in [0.717, 1.165) is 25.9 Å². The fourth-order valence-electron chi connectivity index (χ4n) is 3.15. The largest absolute Gasteiger partial charge is 0.370 e. The number of hydrogen-bond acceptors (Lipinski definition) is 2. The average molecular weight is 302 g/mol. The number of aliphatic imine (C=N–C) groups is 1. The number of nitrogens with two attached hydrogens (primary N) is 1. The zero-order valence-corrected chi connectivity index (χ0v) is 14.0. The zero-order valence-electron chi connectivity index (χ0n) is 14.0. The Morgan fingerprint density at radius 2 is 2.09 bits per heavy atom. The normalized spacial score (nSPS) is 18.5. The van der Waals surface area contributed by atoms with E-state index in [1.54, 1.807) is 0 Å². The molecule has 1 atom stereocenters. The van der Waals surface area contributed by atoms with Crippen molar-refractivity contribution in [3.63, 3.8) is 0 Å². The summed E-state index contributed by atoms with van der Waals surface area (Å²) in [5.41, 5.74) is 8.85. The van der Waals surface area contributed by atoms with Gasteiger partial charge in [0, 0.05) is 19.1 Å². The lowest BCUT2D eigenvalue weighted by Gasteiger charge is -2.22. The maximum atomic E-state index is 5.97. The van der Waals surface area contributed by atoms with Crippen LogP contribution in [0.5, 0.6) is 0 Å². The number of unbranched alkanes of at least 4 members (excludes halogenated alkanes) is 3. The average Bonchev–Trinajstić information content (AvgIpc) is 2.90. The van der Waals surface area contributed by atoms with Crippen LogP contribution in [0.25, 0.3) is 0 Å². The summed E-state index contributed by atoms with van der Waals surface area (Å²) < 4.78 is 0. The lowest BCUT2D eigenvalue weighted by molar-refractivity contribution is 0.217. The van der Waals surface area contributed by atoms with Crippen LogP contribution < -0.4 is 11.1 Å². The third-order valence-corrected chi connectivity index (χ3v) is 4.37. The third kappa shape index (κ3) is 4.47. The fourth-order valence-corrected chi connectivity index (χ4v) is 3.15. The zero-order chi connectivity index (χ0) is 15.8. The van der Waals surface area contributed by atoms with Crippen molar-refractivity contribution in [1.29, 1.82) is 0 Å². The molecule has 0 aliphatic carbocycles. The summed E-state index contributed by atoms with van der Waals surface area (Å²) in [6.07, 6.45) is 6.09. The molecule has 1 aliphatic rings. The number of rotatable bonds is 8. The van der Waals surface area contributed by atoms with E-state index in [4.69, 9.17) is 5.73 Å². The Labute approximate surface area is 134 Å². The Hall–Kier alpha value is -1.55. The van der Waals surface area contributed by atoms with Crippen molar-refractivity contribution < 1.29 is 0 Å². The van der Waals surface area contributed by atoms with Gasteiger partial charge in [-0.3, -0.25) is 4.90 Å². The first kappa shape index (κ1) is 16.8. The highest BCUT2D eigenvalue weighted by Crippen LogP contribution is 2.35. The van der Waals surface area contributed by atoms with E-state index in [0.29, 0.717) is 18.7 Å². The van der Waals surface area contributed by atoms with Gasteiger partial charge < -0.3 is 11.1 Å². The van der Waals surface area contributed by atoms with Gasteiger partial charge in [0.25, 0.3) is 0 Å². The molecule has 22 heavy (non-hydrogen) atoms. The minimum Gasteiger partial charge on any atom is -0.370 e. The van der Waals surface area contributed by atoms with Gasteiger partial charge in [-0.1, -0.05) is 57.4 Å². The first-order valence-electron chi connectivity index (χ1n) is 8.61. The molecule has 122 valence electrons. The van der Waals surface area contributed by atoms with Gasteiger partial charge in [0.15, 0.2) is 5.96 Å². The summed E-state index contributed by atoms with van der Waals surface area (Å²) in [5, 5.41) is 3.22. The third-order valence-electron chi connectivity index (χ3n) is 4.37. The minimum absolute atomic E-state index is 0.470. The van der Waals surface area contributed by atoms with E-state index < -0.39 is 0 Å². The number of guanidine groups is 1. The Morgan fingerprint density at radius 3 is 2.86 bits per heavy atom. The molecule has 4 heteroatoms. The predicted octanol–water partition coefficient (Wildman–Crippen LogP) is 3.40. The van der Waals surface area contributed by atoms with Crippen LogP contribution in [-0.4, -0.2) is 24.1 Å². The molecule has 0 fully saturated rings. The van der Waals surface area contributed by atoms with Crippen molar-refractivity contribution in [3.05, 3.63) is 35.4 Å². The SMILES string of the molecule is CCCCCCNC(N)=NCN1Cc2ccccc2C1CC. The Kier molecular flexibility index (Phi) is 6.72. The standard InChI is InChI=1S/C18H30N4/c1-3-5-6-9-12-20-18(19)21-14-22-13-15-10-7-8-11-16(15)17(22)4-2/h7-8,10-11,17H,3-6,9,12-14H2,1-2H3,(H3,19,20,21). The van der Waals surface area contributed by atoms with E-state index in [1.165, 1.54) is 30.4 Å². The number of fused-ring (bicyclic) bond motifs is 1. The molecule has 1 heterocycles. The lowest BCUT2D eigenvalue weighted by atomic mass is 10.0. The molecule has 0 saturated carbocycles. The van der Waals surface area contributed by atoms with Crippen LogP contribution in [0.15, 0.2) is 29.3 Å². The van der Waals surface area contributed by atoms with Crippen molar-refractivity contribution in [1.82, 2.24) is 10.2 Å². The van der Waals surface area contributed by atoms with E-state index in [1.807, 2.05) is 0 Å². The maximum Gasteiger partial charge on any atom is 0.189 e. The van der Waals surface area contributed by atoms with Crippen molar-refractivity contribution >= 4 is 5.96 Å². The topological polar surface area (TPSA) is 53.6 Å². The fraction of sp³-hybridized carbons (Fsp3) is 0.611. The van der Waals surface area contributed by atoms with Gasteiger partial charge >= 0.3 is 0 Å². The molecular weight excluding hydrogens is 272 g/mol. The highest BCUT2D eigenvalue weighted by molar-refractivity contribution is 5.77. The van der Waals surface area contributed by atoms with E-state index in [2.05, 4.69) is 53.3 Å². The van der Waals surface area contributed by atoms with Crippen LogP contribution in [0.1, 0.15) is 63.1 Å². The summed E-state index contributed by atoms with van der Waals surface area (Å²) in [6.45, 7) is 7.02. The second kappa shape index (κ2) is 8.79. The van der Waals surface area contributed by atoms with Crippen molar-refractivity contribution in [2.45, 2.75) is 58.5 Å². The molecule has 0 radical (unpaired) electrons. The molecule has 1 aromatic rings. The van der Waals surface area contributed by atoms with Gasteiger partial charge in [-0.05, 0) is 24.0 Å². The molecule has 0 amide bonds. The van der Waals surface area contributed by atoms with Gasteiger partial charge in [0.2, 0.25) is 0 Å². The number of hydrogen-bond donors (Lipinski definition) is 2. The Bertz CT molecular complexity index is 484. The van der Waals surface area contributed by atoms with Gasteiger partial charge in [0.05, 0.1) is 6.67 Å². The molecule has 0 spiro atoms. The second-order valence-corrected chi connectivity index (χ2v) is 6.04. The number of nitrogens with zero attached hydrogens (tertiary/aromatic N) is 2. The van der Waals surface area contributed by atoms with Gasteiger partial charge in [-0.25, -0.2) is 4.99 Å². The smallest absolute Gasteiger partial charge is 0.189 e. The van der Waals surface area contributed by atoms with Gasteiger partial charge in [0.1, 0.15) is 0 Å². The molecular formula is C18H30N4. The van der Waals surface area contributed by atoms with Crippen molar-refractivity contribution in [2.24, 2.45) is 10.7 Å². The lowest BCUT2D eigenvalue weighted by Crippen LogP contribution is -2.34. The van der Waals surface area contributed by atoms with Gasteiger partial charge in [-0.15, -0.1) is 0 Å². The first-order valence-corrected chi connectivity index (χ1v) is 8.61. The highest BCUT2D eigenvalue weighted by Gasteiger charge is 2.27. The van der Waals surface area contributed by atoms with Crippen LogP contribution in [-0.2, 0) is 6.54 Å². The summed E-state index contributed by atoms with van der Waals surface area (Å²) in [4.78, 5) is 6.91. The van der Waals surface area contributed by atoms with E-state index in [-0.39, 0.29) is 0 Å².